The molecule has 0 radical (unpaired) electrons. The Balaban J connectivity index is 1.79. The van der Waals surface area contributed by atoms with E-state index in [1.165, 1.54) is 25.3 Å². The molecular formula is C26H29ClN2O5S. The van der Waals surface area contributed by atoms with Crippen molar-refractivity contribution in [1.29, 1.82) is 0 Å². The van der Waals surface area contributed by atoms with Gasteiger partial charge in [-0.3, -0.25) is 9.10 Å². The molecule has 7 nitrogen and oxygen atoms in total. The fourth-order valence-corrected chi connectivity index (χ4v) is 4.99. The molecule has 0 aliphatic rings. The van der Waals surface area contributed by atoms with Crippen LogP contribution in [0.5, 0.6) is 11.5 Å². The molecule has 3 aromatic carbocycles. The molecule has 0 unspecified atom stereocenters. The molecule has 0 atom stereocenters. The Bertz CT molecular complexity index is 1290. The Labute approximate surface area is 211 Å². The topological polar surface area (TPSA) is 84.9 Å². The molecule has 0 aliphatic carbocycles. The summed E-state index contributed by atoms with van der Waals surface area (Å²) >= 11 is 6.16. The lowest BCUT2D eigenvalue weighted by Gasteiger charge is -2.26. The number of nitrogens with one attached hydrogen (secondary N) is 1. The number of anilines is 1. The molecule has 0 heterocycles. The van der Waals surface area contributed by atoms with Gasteiger partial charge in [0.15, 0.2) is 0 Å². The maximum atomic E-state index is 13.6. The highest BCUT2D eigenvalue weighted by molar-refractivity contribution is 7.92. The number of hydrogen-bond donors (Lipinski definition) is 1. The van der Waals surface area contributed by atoms with Crippen LogP contribution >= 0.6 is 11.6 Å². The third-order valence-corrected chi connectivity index (χ3v) is 7.34. The largest absolute Gasteiger partial charge is 0.495 e. The smallest absolute Gasteiger partial charge is 0.264 e. The third kappa shape index (κ3) is 6.68. The van der Waals surface area contributed by atoms with Crippen LogP contribution in [0.3, 0.4) is 0 Å². The minimum atomic E-state index is -4.10. The highest BCUT2D eigenvalue weighted by Crippen LogP contribution is 2.34. The Morgan fingerprint density at radius 3 is 2.31 bits per heavy atom. The molecule has 0 fully saturated rings. The van der Waals surface area contributed by atoms with Gasteiger partial charge in [0.2, 0.25) is 5.91 Å². The van der Waals surface area contributed by atoms with E-state index in [1.807, 2.05) is 39.0 Å². The van der Waals surface area contributed by atoms with Gasteiger partial charge in [-0.15, -0.1) is 0 Å². The molecule has 186 valence electrons. The second-order valence-electron chi connectivity index (χ2n) is 8.11. The van der Waals surface area contributed by atoms with Crippen molar-refractivity contribution in [3.8, 4) is 11.5 Å². The van der Waals surface area contributed by atoms with Crippen molar-refractivity contribution >= 4 is 33.2 Å². The normalized spacial score (nSPS) is 11.1. The fourth-order valence-electron chi connectivity index (χ4n) is 3.40. The van der Waals surface area contributed by atoms with Gasteiger partial charge in [-0.2, -0.15) is 0 Å². The van der Waals surface area contributed by atoms with Gasteiger partial charge in [-0.1, -0.05) is 41.4 Å². The standard InChI is InChI=1S/C26H29ClN2O5S/c1-18-6-10-22(11-7-18)35(31,32)29(23-16-21(27)9-12-24(23)33-4)17-26(30)28-13-14-34-25-15-19(2)5-8-20(25)3/h5-12,15-16H,13-14,17H2,1-4H3,(H,28,30). The van der Waals surface area contributed by atoms with Crippen molar-refractivity contribution in [3.63, 3.8) is 0 Å². The number of rotatable bonds is 10. The van der Waals surface area contributed by atoms with Gasteiger partial charge >= 0.3 is 0 Å². The molecule has 3 aromatic rings. The predicted molar refractivity (Wildman–Crippen MR) is 138 cm³/mol. The number of halogens is 1. The van der Waals surface area contributed by atoms with Crippen molar-refractivity contribution in [2.75, 3.05) is 31.1 Å². The first-order valence-corrected chi connectivity index (χ1v) is 12.8. The van der Waals surface area contributed by atoms with Crippen LogP contribution in [0.2, 0.25) is 5.02 Å². The Morgan fingerprint density at radius 2 is 1.63 bits per heavy atom. The quantitative estimate of drug-likeness (QED) is 0.396. The fraction of sp³-hybridized carbons (Fsp3) is 0.269. The van der Waals surface area contributed by atoms with E-state index in [9.17, 15) is 13.2 Å². The monoisotopic (exact) mass is 516 g/mol. The number of ether oxygens (including phenoxy) is 2. The molecule has 0 aliphatic heterocycles. The van der Waals surface area contributed by atoms with E-state index >= 15 is 0 Å². The summed E-state index contributed by atoms with van der Waals surface area (Å²) in [6.45, 7) is 5.76. The summed E-state index contributed by atoms with van der Waals surface area (Å²) in [7, 11) is -2.67. The van der Waals surface area contributed by atoms with E-state index in [-0.39, 0.29) is 29.5 Å². The van der Waals surface area contributed by atoms with Gasteiger partial charge in [0.1, 0.15) is 24.7 Å². The number of methoxy groups -OCH3 is 1. The number of aryl methyl sites for hydroxylation is 3. The average molecular weight is 517 g/mol. The minimum Gasteiger partial charge on any atom is -0.495 e. The van der Waals surface area contributed by atoms with Crippen molar-refractivity contribution in [2.24, 2.45) is 0 Å². The zero-order valence-corrected chi connectivity index (χ0v) is 21.7. The maximum Gasteiger partial charge on any atom is 0.264 e. The molecule has 0 bridgehead atoms. The summed E-state index contributed by atoms with van der Waals surface area (Å²) in [5.41, 5.74) is 3.15. The van der Waals surface area contributed by atoms with Crippen LogP contribution in [-0.4, -0.2) is 41.1 Å². The van der Waals surface area contributed by atoms with E-state index in [0.717, 1.165) is 26.7 Å². The van der Waals surface area contributed by atoms with Gasteiger partial charge < -0.3 is 14.8 Å². The molecular weight excluding hydrogens is 488 g/mol. The van der Waals surface area contributed by atoms with Gasteiger partial charge in [0.25, 0.3) is 10.0 Å². The Kier molecular flexibility index (Phi) is 8.64. The van der Waals surface area contributed by atoms with Crippen LogP contribution in [0.1, 0.15) is 16.7 Å². The van der Waals surface area contributed by atoms with Crippen LogP contribution in [0.15, 0.2) is 65.6 Å². The summed E-state index contributed by atoms with van der Waals surface area (Å²) in [5.74, 6) is 0.523. The number of benzene rings is 3. The first-order chi connectivity index (χ1) is 16.6. The first kappa shape index (κ1) is 26.4. The molecule has 0 saturated carbocycles. The Hall–Kier alpha value is -3.23. The number of amides is 1. The summed E-state index contributed by atoms with van der Waals surface area (Å²) in [5, 5.41) is 3.04. The molecule has 0 spiro atoms. The number of carbonyl (C=O) groups excluding carboxylic acids is 1. The molecule has 0 aromatic heterocycles. The zero-order chi connectivity index (χ0) is 25.6. The van der Waals surface area contributed by atoms with Gasteiger partial charge in [-0.05, 0) is 68.3 Å². The summed E-state index contributed by atoms with van der Waals surface area (Å²) < 4.78 is 39.3. The molecule has 35 heavy (non-hydrogen) atoms. The second kappa shape index (κ2) is 11.5. The molecule has 1 N–H and O–H groups in total. The highest BCUT2D eigenvalue weighted by Gasteiger charge is 2.29. The van der Waals surface area contributed by atoms with Gasteiger partial charge in [-0.25, -0.2) is 8.42 Å². The second-order valence-corrected chi connectivity index (χ2v) is 10.4. The number of sulfonamides is 1. The average Bonchev–Trinajstić information content (AvgIpc) is 2.82. The van der Waals surface area contributed by atoms with Crippen molar-refractivity contribution in [1.82, 2.24) is 5.32 Å². The van der Waals surface area contributed by atoms with Gasteiger partial charge in [0.05, 0.1) is 24.2 Å². The summed E-state index contributed by atoms with van der Waals surface area (Å²) in [6, 6.07) is 16.9. The van der Waals surface area contributed by atoms with Crippen LogP contribution in [0, 0.1) is 20.8 Å². The van der Waals surface area contributed by atoms with E-state index in [2.05, 4.69) is 5.32 Å². The van der Waals surface area contributed by atoms with Crippen LogP contribution < -0.4 is 19.1 Å². The first-order valence-electron chi connectivity index (χ1n) is 11.0. The number of carbonyl (C=O) groups is 1. The highest BCUT2D eigenvalue weighted by atomic mass is 35.5. The summed E-state index contributed by atoms with van der Waals surface area (Å²) in [6.07, 6.45) is 0. The molecule has 0 saturated heterocycles. The predicted octanol–water partition coefficient (Wildman–Crippen LogP) is 4.66. The van der Waals surface area contributed by atoms with Crippen LogP contribution in [-0.2, 0) is 14.8 Å². The van der Waals surface area contributed by atoms with E-state index in [0.29, 0.717) is 5.02 Å². The molecule has 9 heteroatoms. The SMILES string of the molecule is COc1ccc(Cl)cc1N(CC(=O)NCCOc1cc(C)ccc1C)S(=O)(=O)c1ccc(C)cc1. The lowest BCUT2D eigenvalue weighted by Crippen LogP contribution is -2.42. The van der Waals surface area contributed by atoms with Crippen molar-refractivity contribution in [3.05, 3.63) is 82.4 Å². The van der Waals surface area contributed by atoms with Crippen molar-refractivity contribution < 1.29 is 22.7 Å². The van der Waals surface area contributed by atoms with Crippen molar-refractivity contribution in [2.45, 2.75) is 25.7 Å². The molecule has 1 amide bonds. The van der Waals surface area contributed by atoms with Crippen LogP contribution in [0.4, 0.5) is 5.69 Å². The minimum absolute atomic E-state index is 0.0520. The van der Waals surface area contributed by atoms with E-state index in [1.54, 1.807) is 24.3 Å². The van der Waals surface area contributed by atoms with E-state index < -0.39 is 22.5 Å². The summed E-state index contributed by atoms with van der Waals surface area (Å²) in [4.78, 5) is 12.9. The maximum absolute atomic E-state index is 13.6. The van der Waals surface area contributed by atoms with Gasteiger partial charge in [0, 0.05) is 5.02 Å². The van der Waals surface area contributed by atoms with Crippen LogP contribution in [0.25, 0.3) is 0 Å². The van der Waals surface area contributed by atoms with E-state index in [4.69, 9.17) is 21.1 Å². The lowest BCUT2D eigenvalue weighted by atomic mass is 10.1. The molecule has 3 rings (SSSR count). The lowest BCUT2D eigenvalue weighted by molar-refractivity contribution is -0.119. The third-order valence-electron chi connectivity index (χ3n) is 5.33. The number of nitrogens with zero attached hydrogens (tertiary/aromatic N) is 1. The number of hydrogen-bond acceptors (Lipinski definition) is 5. The Morgan fingerprint density at radius 1 is 0.943 bits per heavy atom. The zero-order valence-electron chi connectivity index (χ0n) is 20.2.